The van der Waals surface area contributed by atoms with E-state index in [2.05, 4.69) is 5.32 Å². The number of ether oxygens (including phenoxy) is 3. The van der Waals surface area contributed by atoms with Gasteiger partial charge in [-0.25, -0.2) is 4.79 Å². The van der Waals surface area contributed by atoms with Crippen LogP contribution in [0.25, 0.3) is 0 Å². The lowest BCUT2D eigenvalue weighted by molar-refractivity contribution is -0.124. The number of carbonyl (C=O) groups excluding carboxylic acids is 2. The Morgan fingerprint density at radius 2 is 1.63 bits per heavy atom. The molecule has 1 N–H and O–H groups in total. The van der Waals surface area contributed by atoms with Gasteiger partial charge in [0.2, 0.25) is 0 Å². The van der Waals surface area contributed by atoms with Crippen LogP contribution in [0.4, 0.5) is 0 Å². The molecule has 0 atom stereocenters. The fourth-order valence-corrected chi connectivity index (χ4v) is 2.37. The molecule has 0 aromatic heterocycles. The number of hydrogen-bond acceptors (Lipinski definition) is 5. The third-order valence-electron chi connectivity index (χ3n) is 3.52. The highest BCUT2D eigenvalue weighted by atomic mass is 35.5. The van der Waals surface area contributed by atoms with Crippen LogP contribution in [0.2, 0.25) is 5.02 Å². The van der Waals surface area contributed by atoms with Crippen LogP contribution in [-0.4, -0.2) is 31.7 Å². The van der Waals surface area contributed by atoms with Crippen LogP contribution in [0.1, 0.15) is 29.8 Å². The second kappa shape index (κ2) is 10.4. The van der Waals surface area contributed by atoms with Crippen molar-refractivity contribution in [2.24, 2.45) is 0 Å². The van der Waals surface area contributed by atoms with Crippen molar-refractivity contribution in [3.63, 3.8) is 0 Å². The van der Waals surface area contributed by atoms with E-state index in [1.54, 1.807) is 30.3 Å². The highest BCUT2D eigenvalue weighted by molar-refractivity contribution is 6.30. The largest absolute Gasteiger partial charge is 0.490 e. The fourth-order valence-electron chi connectivity index (χ4n) is 2.25. The zero-order valence-corrected chi connectivity index (χ0v) is 16.0. The molecule has 0 saturated carbocycles. The summed E-state index contributed by atoms with van der Waals surface area (Å²) in [6.45, 7) is 4.57. The Morgan fingerprint density at radius 1 is 0.963 bits per heavy atom. The van der Waals surface area contributed by atoms with E-state index in [9.17, 15) is 9.59 Å². The molecule has 1 amide bonds. The third-order valence-corrected chi connectivity index (χ3v) is 3.77. The molecule has 2 aromatic carbocycles. The van der Waals surface area contributed by atoms with Crippen molar-refractivity contribution < 1.29 is 23.8 Å². The molecule has 0 spiro atoms. The van der Waals surface area contributed by atoms with E-state index < -0.39 is 11.9 Å². The molecule has 2 rings (SSSR count). The first-order valence-corrected chi connectivity index (χ1v) is 8.99. The van der Waals surface area contributed by atoms with Crippen LogP contribution in [-0.2, 0) is 16.1 Å². The van der Waals surface area contributed by atoms with Gasteiger partial charge in [0.15, 0.2) is 18.1 Å². The number of amides is 1. The summed E-state index contributed by atoms with van der Waals surface area (Å²) in [5, 5.41) is 3.30. The van der Waals surface area contributed by atoms with Crippen molar-refractivity contribution >= 4 is 23.5 Å². The predicted molar refractivity (Wildman–Crippen MR) is 102 cm³/mol. The first-order valence-electron chi connectivity index (χ1n) is 8.61. The molecule has 7 heteroatoms. The van der Waals surface area contributed by atoms with Crippen LogP contribution in [0, 0.1) is 0 Å². The van der Waals surface area contributed by atoms with Crippen molar-refractivity contribution in [1.82, 2.24) is 5.32 Å². The van der Waals surface area contributed by atoms with Crippen LogP contribution < -0.4 is 14.8 Å². The quantitative estimate of drug-likeness (QED) is 0.661. The van der Waals surface area contributed by atoms with Crippen molar-refractivity contribution in [3.8, 4) is 11.5 Å². The van der Waals surface area contributed by atoms with Gasteiger partial charge in [-0.15, -0.1) is 0 Å². The molecule has 0 fully saturated rings. The molecule has 0 bridgehead atoms. The minimum absolute atomic E-state index is 0.285. The third kappa shape index (κ3) is 6.49. The van der Waals surface area contributed by atoms with Crippen molar-refractivity contribution in [2.75, 3.05) is 19.8 Å². The first-order chi connectivity index (χ1) is 13.0. The highest BCUT2D eigenvalue weighted by Gasteiger charge is 2.14. The van der Waals surface area contributed by atoms with E-state index in [0.29, 0.717) is 36.3 Å². The molecule has 0 aliphatic carbocycles. The van der Waals surface area contributed by atoms with Gasteiger partial charge in [-0.05, 0) is 49.7 Å². The Labute approximate surface area is 163 Å². The van der Waals surface area contributed by atoms with Gasteiger partial charge in [-0.2, -0.15) is 0 Å². The summed E-state index contributed by atoms with van der Waals surface area (Å²) in [4.78, 5) is 24.0. The van der Waals surface area contributed by atoms with Gasteiger partial charge in [0, 0.05) is 11.6 Å². The van der Waals surface area contributed by atoms with Gasteiger partial charge in [-0.3, -0.25) is 4.79 Å². The first kappa shape index (κ1) is 20.6. The molecular weight excluding hydrogens is 370 g/mol. The SMILES string of the molecule is CCOc1ccc(C(=O)OCC(=O)NCc2ccc(Cl)cc2)cc1OCC. The monoisotopic (exact) mass is 391 g/mol. The molecule has 6 nitrogen and oxygen atoms in total. The molecule has 27 heavy (non-hydrogen) atoms. The smallest absolute Gasteiger partial charge is 0.338 e. The standard InChI is InChI=1S/C20H22ClNO5/c1-3-25-17-10-7-15(11-18(17)26-4-2)20(24)27-13-19(23)22-12-14-5-8-16(21)9-6-14/h5-11H,3-4,12-13H2,1-2H3,(H,22,23). The Morgan fingerprint density at radius 3 is 2.30 bits per heavy atom. The Bertz CT molecular complexity index is 776. The lowest BCUT2D eigenvalue weighted by atomic mass is 10.2. The maximum absolute atomic E-state index is 12.2. The number of hydrogen-bond donors (Lipinski definition) is 1. The number of rotatable bonds is 9. The maximum atomic E-state index is 12.2. The summed E-state index contributed by atoms with van der Waals surface area (Å²) < 4.78 is 16.0. The molecule has 144 valence electrons. The lowest BCUT2D eigenvalue weighted by Crippen LogP contribution is -2.28. The lowest BCUT2D eigenvalue weighted by Gasteiger charge is -2.12. The molecule has 2 aromatic rings. The fraction of sp³-hybridized carbons (Fsp3) is 0.300. The number of nitrogens with one attached hydrogen (secondary N) is 1. The van der Waals surface area contributed by atoms with Gasteiger partial charge in [0.05, 0.1) is 18.8 Å². The summed E-state index contributed by atoms with van der Waals surface area (Å²) in [6.07, 6.45) is 0. The van der Waals surface area contributed by atoms with E-state index in [-0.39, 0.29) is 12.2 Å². The van der Waals surface area contributed by atoms with E-state index in [1.165, 1.54) is 0 Å². The van der Waals surface area contributed by atoms with E-state index in [4.69, 9.17) is 25.8 Å². The van der Waals surface area contributed by atoms with E-state index in [1.807, 2.05) is 26.0 Å². The van der Waals surface area contributed by atoms with Crippen molar-refractivity contribution in [1.29, 1.82) is 0 Å². The summed E-state index contributed by atoms with van der Waals surface area (Å²) in [5.41, 5.74) is 1.18. The predicted octanol–water partition coefficient (Wildman–Crippen LogP) is 3.61. The summed E-state index contributed by atoms with van der Waals surface area (Å²) >= 11 is 5.81. The van der Waals surface area contributed by atoms with Gasteiger partial charge in [0.1, 0.15) is 0 Å². The van der Waals surface area contributed by atoms with Gasteiger partial charge < -0.3 is 19.5 Å². The molecule has 0 unspecified atom stereocenters. The average molecular weight is 392 g/mol. The van der Waals surface area contributed by atoms with E-state index in [0.717, 1.165) is 5.56 Å². The zero-order chi connectivity index (χ0) is 19.6. The number of esters is 1. The number of benzene rings is 2. The molecule has 0 saturated heterocycles. The Kier molecular flexibility index (Phi) is 7.95. The van der Waals surface area contributed by atoms with E-state index >= 15 is 0 Å². The second-order valence-corrected chi connectivity index (χ2v) is 5.94. The summed E-state index contributed by atoms with van der Waals surface area (Å²) in [5.74, 6) is 0.00695. The molecular formula is C20H22ClNO5. The Hall–Kier alpha value is -2.73. The molecule has 0 heterocycles. The van der Waals surface area contributed by atoms with Crippen LogP contribution in [0.3, 0.4) is 0 Å². The van der Waals surface area contributed by atoms with Crippen LogP contribution >= 0.6 is 11.6 Å². The van der Waals surface area contributed by atoms with Crippen molar-refractivity contribution in [3.05, 3.63) is 58.6 Å². The average Bonchev–Trinajstić information content (AvgIpc) is 2.67. The Balaban J connectivity index is 1.87. The van der Waals surface area contributed by atoms with Crippen LogP contribution in [0.15, 0.2) is 42.5 Å². The normalized spacial score (nSPS) is 10.2. The number of carbonyl (C=O) groups is 2. The highest BCUT2D eigenvalue weighted by Crippen LogP contribution is 2.28. The van der Waals surface area contributed by atoms with Gasteiger partial charge in [-0.1, -0.05) is 23.7 Å². The second-order valence-electron chi connectivity index (χ2n) is 5.51. The molecule has 0 aliphatic heterocycles. The summed E-state index contributed by atoms with van der Waals surface area (Å²) in [6, 6.07) is 11.9. The number of halogens is 1. The topological polar surface area (TPSA) is 73.9 Å². The molecule has 0 radical (unpaired) electrons. The molecule has 0 aliphatic rings. The van der Waals surface area contributed by atoms with Crippen molar-refractivity contribution in [2.45, 2.75) is 20.4 Å². The van der Waals surface area contributed by atoms with Gasteiger partial charge >= 0.3 is 5.97 Å². The minimum Gasteiger partial charge on any atom is -0.490 e. The summed E-state index contributed by atoms with van der Waals surface area (Å²) in [7, 11) is 0. The minimum atomic E-state index is -0.611. The van der Waals surface area contributed by atoms with Crippen LogP contribution in [0.5, 0.6) is 11.5 Å². The maximum Gasteiger partial charge on any atom is 0.338 e. The zero-order valence-electron chi connectivity index (χ0n) is 15.3. The van der Waals surface area contributed by atoms with Gasteiger partial charge in [0.25, 0.3) is 5.91 Å².